The molecule has 0 radical (unpaired) electrons. The second-order valence-corrected chi connectivity index (χ2v) is 2.61. The summed E-state index contributed by atoms with van der Waals surface area (Å²) < 4.78 is 5.42. The van der Waals surface area contributed by atoms with Crippen molar-refractivity contribution in [1.82, 2.24) is 0 Å². The van der Waals surface area contributed by atoms with Gasteiger partial charge in [0.25, 0.3) is 0 Å². The minimum atomic E-state index is 0.647. The number of hydrogen-bond donors (Lipinski definition) is 1. The zero-order valence-electron chi connectivity index (χ0n) is 7.62. The van der Waals surface area contributed by atoms with E-state index in [2.05, 4.69) is 5.32 Å². The molecule has 0 heterocycles. The topological polar surface area (TPSA) is 38.3 Å². The smallest absolute Gasteiger partial charge is 0.211 e. The summed E-state index contributed by atoms with van der Waals surface area (Å²) in [6.07, 6.45) is 1.60. The summed E-state index contributed by atoms with van der Waals surface area (Å²) in [6.45, 7) is 2.70. The lowest BCUT2D eigenvalue weighted by atomic mass is 10.3. The van der Waals surface area contributed by atoms with Gasteiger partial charge in [-0.3, -0.25) is 4.79 Å². The predicted octanol–water partition coefficient (Wildman–Crippen LogP) is 2.04. The molecule has 3 heteroatoms. The van der Waals surface area contributed by atoms with Gasteiger partial charge in [0.1, 0.15) is 5.75 Å². The van der Waals surface area contributed by atoms with Crippen molar-refractivity contribution in [3.8, 4) is 5.75 Å². The number of amides is 1. The molecule has 0 fully saturated rings. The third-order valence-corrected chi connectivity index (χ3v) is 1.56. The average Bonchev–Trinajstić information content (AvgIpc) is 2.17. The van der Waals surface area contributed by atoms with Gasteiger partial charge in [0.15, 0.2) is 0 Å². The van der Waals surface area contributed by atoms with Gasteiger partial charge in [-0.25, -0.2) is 0 Å². The Kier molecular flexibility index (Phi) is 3.82. The Labute approximate surface area is 77.7 Å². The first kappa shape index (κ1) is 9.58. The molecule has 13 heavy (non-hydrogen) atoms. The first-order chi connectivity index (χ1) is 6.38. The van der Waals surface area contributed by atoms with Gasteiger partial charge >= 0.3 is 0 Å². The van der Waals surface area contributed by atoms with Crippen LogP contribution in [0, 0.1) is 0 Å². The summed E-state index contributed by atoms with van der Waals surface area (Å²) in [6, 6.07) is 7.37. The van der Waals surface area contributed by atoms with Crippen molar-refractivity contribution in [2.24, 2.45) is 0 Å². The lowest BCUT2D eigenvalue weighted by Crippen LogP contribution is -2.00. The maximum absolute atomic E-state index is 10.2. The number of benzene rings is 1. The maximum Gasteiger partial charge on any atom is 0.211 e. The molecule has 1 aromatic carbocycles. The Hall–Kier alpha value is -1.51. The van der Waals surface area contributed by atoms with Crippen LogP contribution in [0.2, 0.25) is 0 Å². The van der Waals surface area contributed by atoms with Crippen molar-refractivity contribution in [3.63, 3.8) is 0 Å². The van der Waals surface area contributed by atoms with E-state index in [-0.39, 0.29) is 0 Å². The van der Waals surface area contributed by atoms with Crippen molar-refractivity contribution in [2.45, 2.75) is 13.3 Å². The number of hydrogen-bond acceptors (Lipinski definition) is 2. The molecule has 0 saturated carbocycles. The van der Waals surface area contributed by atoms with E-state index < -0.39 is 0 Å². The highest BCUT2D eigenvalue weighted by molar-refractivity contribution is 5.75. The van der Waals surface area contributed by atoms with Crippen LogP contribution in [0.25, 0.3) is 0 Å². The van der Waals surface area contributed by atoms with Crippen LogP contribution in [0.3, 0.4) is 0 Å². The molecule has 0 aromatic heterocycles. The Balaban J connectivity index is 2.71. The van der Waals surface area contributed by atoms with Gasteiger partial charge in [-0.05, 0) is 18.6 Å². The lowest BCUT2D eigenvalue weighted by Gasteiger charge is -2.08. The van der Waals surface area contributed by atoms with Gasteiger partial charge in [-0.2, -0.15) is 0 Å². The summed E-state index contributed by atoms with van der Waals surface area (Å²) in [4.78, 5) is 10.2. The van der Waals surface area contributed by atoms with Gasteiger partial charge in [-0.1, -0.05) is 19.1 Å². The zero-order chi connectivity index (χ0) is 9.52. The molecule has 1 aromatic rings. The van der Waals surface area contributed by atoms with Crippen LogP contribution in [-0.2, 0) is 4.79 Å². The molecule has 3 nitrogen and oxygen atoms in total. The summed E-state index contributed by atoms with van der Waals surface area (Å²) >= 11 is 0. The van der Waals surface area contributed by atoms with E-state index in [0.717, 1.165) is 12.2 Å². The van der Waals surface area contributed by atoms with Crippen molar-refractivity contribution in [1.29, 1.82) is 0 Å². The molecule has 0 unspecified atom stereocenters. The number of nitrogens with one attached hydrogen (secondary N) is 1. The van der Waals surface area contributed by atoms with E-state index in [4.69, 9.17) is 4.74 Å². The maximum atomic E-state index is 10.2. The molecule has 1 N–H and O–H groups in total. The third-order valence-electron chi connectivity index (χ3n) is 1.56. The Morgan fingerprint density at radius 2 is 2.23 bits per heavy atom. The molecule has 70 valence electrons. The molecule has 0 aliphatic carbocycles. The highest BCUT2D eigenvalue weighted by atomic mass is 16.5. The van der Waals surface area contributed by atoms with E-state index >= 15 is 0 Å². The number of anilines is 1. The van der Waals surface area contributed by atoms with Crippen LogP contribution < -0.4 is 10.1 Å². The highest BCUT2D eigenvalue weighted by Crippen LogP contribution is 2.22. The average molecular weight is 179 g/mol. The van der Waals surface area contributed by atoms with Crippen molar-refractivity contribution in [3.05, 3.63) is 24.3 Å². The Bertz CT molecular complexity index is 273. The van der Waals surface area contributed by atoms with Gasteiger partial charge in [0, 0.05) is 0 Å². The number of rotatable bonds is 5. The van der Waals surface area contributed by atoms with Crippen molar-refractivity contribution in [2.75, 3.05) is 11.9 Å². The molecular weight excluding hydrogens is 166 g/mol. The van der Waals surface area contributed by atoms with Crippen LogP contribution in [0.4, 0.5) is 5.69 Å². The van der Waals surface area contributed by atoms with E-state index in [9.17, 15) is 4.79 Å². The number of carbonyl (C=O) groups excluding carboxylic acids is 1. The fraction of sp³-hybridized carbons (Fsp3) is 0.300. The van der Waals surface area contributed by atoms with E-state index in [1.54, 1.807) is 6.07 Å². The number of carbonyl (C=O) groups is 1. The summed E-state index contributed by atoms with van der Waals surface area (Å²) in [5.41, 5.74) is 0.714. The van der Waals surface area contributed by atoms with Crippen LogP contribution in [0.1, 0.15) is 13.3 Å². The largest absolute Gasteiger partial charge is 0.491 e. The Morgan fingerprint density at radius 3 is 2.92 bits per heavy atom. The summed E-state index contributed by atoms with van der Waals surface area (Å²) in [5.74, 6) is 0.719. The molecular formula is C10H13NO2. The van der Waals surface area contributed by atoms with Crippen LogP contribution in [0.15, 0.2) is 24.3 Å². The molecule has 0 saturated heterocycles. The number of ether oxygens (including phenoxy) is 1. The van der Waals surface area contributed by atoms with Gasteiger partial charge in [-0.15, -0.1) is 0 Å². The Morgan fingerprint density at radius 1 is 1.46 bits per heavy atom. The highest BCUT2D eigenvalue weighted by Gasteiger charge is 1.99. The summed E-state index contributed by atoms with van der Waals surface area (Å²) in [5, 5.41) is 2.58. The third kappa shape index (κ3) is 2.78. The minimum Gasteiger partial charge on any atom is -0.491 e. The molecule has 0 aliphatic heterocycles. The second-order valence-electron chi connectivity index (χ2n) is 2.61. The van der Waals surface area contributed by atoms with Gasteiger partial charge < -0.3 is 10.1 Å². The molecule has 0 bridgehead atoms. The standard InChI is InChI=1S/C10H13NO2/c1-2-7-13-10-6-4-3-5-9(10)11-8-12/h3-6,8H,2,7H2,1H3,(H,11,12). The van der Waals surface area contributed by atoms with E-state index in [0.29, 0.717) is 18.7 Å². The first-order valence-electron chi connectivity index (χ1n) is 4.30. The fourth-order valence-corrected chi connectivity index (χ4v) is 0.987. The van der Waals surface area contributed by atoms with E-state index in [1.165, 1.54) is 0 Å². The van der Waals surface area contributed by atoms with Gasteiger partial charge in [0.05, 0.1) is 12.3 Å². The van der Waals surface area contributed by atoms with Gasteiger partial charge in [0.2, 0.25) is 6.41 Å². The SMILES string of the molecule is CCCOc1ccccc1NC=O. The van der Waals surface area contributed by atoms with Crippen molar-refractivity contribution < 1.29 is 9.53 Å². The number of para-hydroxylation sites is 2. The monoisotopic (exact) mass is 179 g/mol. The molecule has 1 rings (SSSR count). The van der Waals surface area contributed by atoms with Crippen LogP contribution >= 0.6 is 0 Å². The first-order valence-corrected chi connectivity index (χ1v) is 4.30. The molecule has 1 amide bonds. The fourth-order valence-electron chi connectivity index (χ4n) is 0.987. The molecule has 0 spiro atoms. The summed E-state index contributed by atoms with van der Waals surface area (Å²) in [7, 11) is 0. The minimum absolute atomic E-state index is 0.647. The van der Waals surface area contributed by atoms with Crippen LogP contribution in [0.5, 0.6) is 5.75 Å². The lowest BCUT2D eigenvalue weighted by molar-refractivity contribution is -0.105. The van der Waals surface area contributed by atoms with Crippen LogP contribution in [-0.4, -0.2) is 13.0 Å². The molecule has 0 aliphatic rings. The second kappa shape index (κ2) is 5.19. The van der Waals surface area contributed by atoms with Crippen molar-refractivity contribution >= 4 is 12.1 Å². The predicted molar refractivity (Wildman–Crippen MR) is 51.9 cm³/mol. The normalized spacial score (nSPS) is 9.31. The van der Waals surface area contributed by atoms with E-state index in [1.807, 2.05) is 25.1 Å². The quantitative estimate of drug-likeness (QED) is 0.702. The zero-order valence-corrected chi connectivity index (χ0v) is 7.62. The molecule has 0 atom stereocenters.